The first-order valence-corrected chi connectivity index (χ1v) is 12.4. The van der Waals surface area contributed by atoms with E-state index in [2.05, 4.69) is 25.5 Å². The van der Waals surface area contributed by atoms with Gasteiger partial charge in [0.25, 0.3) is 5.91 Å². The fourth-order valence-corrected chi connectivity index (χ4v) is 6.01. The third kappa shape index (κ3) is 3.20. The van der Waals surface area contributed by atoms with Gasteiger partial charge >= 0.3 is 0 Å². The molecule has 172 valence electrons. The van der Waals surface area contributed by atoms with Gasteiger partial charge in [0.2, 0.25) is 17.0 Å². The fourth-order valence-electron chi connectivity index (χ4n) is 4.75. The first kappa shape index (κ1) is 20.3. The van der Waals surface area contributed by atoms with Crippen molar-refractivity contribution in [1.82, 2.24) is 30.2 Å². The molecule has 0 atom stereocenters. The standard InChI is InChI=1S/C23H20ClN7O2S/c1-31-7-4-12-11(9-31)21(29-22(24)28-12)33-15-8-25-17-13(27-15)2-3-14-16(17)18-19(34-14)20(32)30-23(5-6-23)10-26-18/h2-3,8,26H,4-7,9-10H2,1H3,(H,30,32). The first-order chi connectivity index (χ1) is 16.5. The Morgan fingerprint density at radius 3 is 2.97 bits per heavy atom. The van der Waals surface area contributed by atoms with Crippen molar-refractivity contribution in [2.75, 3.05) is 25.5 Å². The number of carbonyl (C=O) groups excluding carboxylic acids is 1. The van der Waals surface area contributed by atoms with Crippen LogP contribution in [0.2, 0.25) is 5.28 Å². The van der Waals surface area contributed by atoms with Crippen molar-refractivity contribution in [2.24, 2.45) is 0 Å². The lowest BCUT2D eigenvalue weighted by Gasteiger charge is -2.25. The normalized spacial score (nSPS) is 18.8. The van der Waals surface area contributed by atoms with E-state index in [0.29, 0.717) is 28.7 Å². The molecule has 1 amide bonds. The summed E-state index contributed by atoms with van der Waals surface area (Å²) in [4.78, 5) is 33.8. The number of rotatable bonds is 2. The average molecular weight is 494 g/mol. The van der Waals surface area contributed by atoms with Gasteiger partial charge in [-0.25, -0.2) is 15.0 Å². The van der Waals surface area contributed by atoms with Crippen LogP contribution in [0, 0.1) is 0 Å². The first-order valence-electron chi connectivity index (χ1n) is 11.2. The maximum Gasteiger partial charge on any atom is 0.264 e. The number of aromatic nitrogens is 4. The number of nitrogens with zero attached hydrogens (tertiary/aromatic N) is 5. The van der Waals surface area contributed by atoms with E-state index in [4.69, 9.17) is 26.3 Å². The molecule has 1 fully saturated rings. The molecule has 0 unspecified atom stereocenters. The van der Waals surface area contributed by atoms with Crippen LogP contribution >= 0.6 is 22.9 Å². The molecule has 34 heavy (non-hydrogen) atoms. The molecule has 9 nitrogen and oxygen atoms in total. The van der Waals surface area contributed by atoms with Crippen LogP contribution in [0.3, 0.4) is 0 Å². The summed E-state index contributed by atoms with van der Waals surface area (Å²) in [6.45, 7) is 2.31. The van der Waals surface area contributed by atoms with Crippen molar-refractivity contribution in [3.8, 4) is 11.8 Å². The van der Waals surface area contributed by atoms with Crippen molar-refractivity contribution in [3.63, 3.8) is 0 Å². The lowest BCUT2D eigenvalue weighted by Crippen LogP contribution is -2.39. The number of halogens is 1. The highest BCUT2D eigenvalue weighted by Gasteiger charge is 2.46. The maximum absolute atomic E-state index is 12.9. The Hall–Kier alpha value is -3.08. The summed E-state index contributed by atoms with van der Waals surface area (Å²) >= 11 is 7.64. The summed E-state index contributed by atoms with van der Waals surface area (Å²) < 4.78 is 7.07. The van der Waals surface area contributed by atoms with Crippen LogP contribution in [0.25, 0.3) is 21.1 Å². The molecule has 0 radical (unpaired) electrons. The summed E-state index contributed by atoms with van der Waals surface area (Å²) in [7, 11) is 2.05. The average Bonchev–Trinajstić information content (AvgIpc) is 3.50. The molecule has 7 rings (SSSR count). The number of anilines is 1. The molecule has 0 saturated heterocycles. The number of benzene rings is 1. The second kappa shape index (κ2) is 7.21. The van der Waals surface area contributed by atoms with Crippen molar-refractivity contribution >= 4 is 55.7 Å². The van der Waals surface area contributed by atoms with Crippen LogP contribution in [0.5, 0.6) is 11.8 Å². The minimum Gasteiger partial charge on any atom is -0.418 e. The van der Waals surface area contributed by atoms with Crippen LogP contribution in [0.1, 0.15) is 33.8 Å². The van der Waals surface area contributed by atoms with Gasteiger partial charge in [0.15, 0.2) is 0 Å². The molecule has 2 aliphatic heterocycles. The van der Waals surface area contributed by atoms with Crippen LogP contribution in [0.4, 0.5) is 5.69 Å². The number of nitrogens with one attached hydrogen (secondary N) is 2. The second-order valence-corrected chi connectivity index (χ2v) is 10.6. The van der Waals surface area contributed by atoms with Gasteiger partial charge in [-0.2, -0.15) is 4.98 Å². The molecule has 5 heterocycles. The lowest BCUT2D eigenvalue weighted by atomic mass is 10.1. The Bertz CT molecular complexity index is 1520. The van der Waals surface area contributed by atoms with Gasteiger partial charge in [-0.15, -0.1) is 11.3 Å². The van der Waals surface area contributed by atoms with Crippen molar-refractivity contribution in [1.29, 1.82) is 0 Å². The van der Waals surface area contributed by atoms with E-state index in [1.54, 1.807) is 6.20 Å². The van der Waals surface area contributed by atoms with E-state index in [1.165, 1.54) is 11.3 Å². The molecule has 3 aliphatic rings. The zero-order valence-corrected chi connectivity index (χ0v) is 19.9. The molecule has 1 saturated carbocycles. The molecular weight excluding hydrogens is 474 g/mol. The minimum absolute atomic E-state index is 0.0184. The Morgan fingerprint density at radius 1 is 1.24 bits per heavy atom. The van der Waals surface area contributed by atoms with Gasteiger partial charge in [0.05, 0.1) is 39.7 Å². The fraction of sp³-hybridized carbons (Fsp3) is 0.348. The number of ether oxygens (including phenoxy) is 1. The van der Waals surface area contributed by atoms with Crippen LogP contribution in [-0.2, 0) is 13.0 Å². The highest BCUT2D eigenvalue weighted by Crippen LogP contribution is 2.44. The number of thiophene rings is 1. The van der Waals surface area contributed by atoms with E-state index in [1.807, 2.05) is 19.2 Å². The predicted molar refractivity (Wildman–Crippen MR) is 130 cm³/mol. The minimum atomic E-state index is -0.106. The number of hydrogen-bond donors (Lipinski definition) is 2. The van der Waals surface area contributed by atoms with Gasteiger partial charge in [-0.1, -0.05) is 0 Å². The van der Waals surface area contributed by atoms with Crippen LogP contribution in [0.15, 0.2) is 18.3 Å². The third-order valence-corrected chi connectivity index (χ3v) is 8.09. The Labute approximate surface area is 203 Å². The molecule has 11 heteroatoms. The van der Waals surface area contributed by atoms with Gasteiger partial charge in [0, 0.05) is 36.1 Å². The smallest absolute Gasteiger partial charge is 0.264 e. The van der Waals surface area contributed by atoms with E-state index >= 15 is 0 Å². The van der Waals surface area contributed by atoms with Gasteiger partial charge < -0.3 is 20.3 Å². The quantitative estimate of drug-likeness (QED) is 0.407. The molecular formula is C23H20ClN7O2S. The van der Waals surface area contributed by atoms with Crippen LogP contribution in [-0.4, -0.2) is 56.4 Å². The van der Waals surface area contributed by atoms with Gasteiger partial charge in [-0.05, 0) is 43.6 Å². The topological polar surface area (TPSA) is 105 Å². The SMILES string of the molecule is CN1CCc2nc(Cl)nc(Oc3cnc4c(ccc5sc6c(c54)NCC4(CC4)NC6=O)n3)c2C1. The highest BCUT2D eigenvalue weighted by molar-refractivity contribution is 7.21. The molecule has 1 spiro atoms. The van der Waals surface area contributed by atoms with E-state index in [9.17, 15) is 4.79 Å². The summed E-state index contributed by atoms with van der Waals surface area (Å²) in [5.41, 5.74) is 3.98. The zero-order valence-electron chi connectivity index (χ0n) is 18.3. The Morgan fingerprint density at radius 2 is 2.12 bits per heavy atom. The molecule has 1 aromatic carbocycles. The lowest BCUT2D eigenvalue weighted by molar-refractivity contribution is 0.0942. The van der Waals surface area contributed by atoms with Crippen molar-refractivity contribution in [3.05, 3.63) is 39.7 Å². The number of carbonyl (C=O) groups is 1. The summed E-state index contributed by atoms with van der Waals surface area (Å²) in [5.74, 6) is 0.727. The number of likely N-dealkylation sites (N-methyl/N-ethyl adjacent to an activating group) is 1. The van der Waals surface area contributed by atoms with E-state index < -0.39 is 0 Å². The predicted octanol–water partition coefficient (Wildman–Crippen LogP) is 3.76. The summed E-state index contributed by atoms with van der Waals surface area (Å²) in [6.07, 6.45) is 4.40. The number of fused-ring (bicyclic) bond motifs is 6. The molecule has 1 aliphatic carbocycles. The molecule has 2 N–H and O–H groups in total. The van der Waals surface area contributed by atoms with Gasteiger partial charge in [0.1, 0.15) is 4.88 Å². The maximum atomic E-state index is 12.9. The highest BCUT2D eigenvalue weighted by atomic mass is 35.5. The summed E-state index contributed by atoms with van der Waals surface area (Å²) in [5, 5.41) is 7.79. The van der Waals surface area contributed by atoms with Crippen molar-refractivity contribution in [2.45, 2.75) is 31.3 Å². The van der Waals surface area contributed by atoms with Crippen LogP contribution < -0.4 is 15.4 Å². The van der Waals surface area contributed by atoms with Gasteiger partial charge in [-0.3, -0.25) is 4.79 Å². The molecule has 4 aromatic rings. The molecule has 3 aromatic heterocycles. The number of hydrogen-bond acceptors (Lipinski definition) is 9. The summed E-state index contributed by atoms with van der Waals surface area (Å²) in [6, 6.07) is 3.89. The largest absolute Gasteiger partial charge is 0.418 e. The zero-order chi connectivity index (χ0) is 23.0. The Kier molecular flexibility index (Phi) is 4.31. The monoisotopic (exact) mass is 493 g/mol. The molecule has 0 bridgehead atoms. The second-order valence-electron chi connectivity index (χ2n) is 9.22. The Balaban J connectivity index is 1.30. The number of amides is 1. The van der Waals surface area contributed by atoms with E-state index in [0.717, 1.165) is 64.9 Å². The van der Waals surface area contributed by atoms with E-state index in [-0.39, 0.29) is 16.7 Å². The third-order valence-electron chi connectivity index (χ3n) is 6.77. The van der Waals surface area contributed by atoms with Crippen molar-refractivity contribution < 1.29 is 9.53 Å².